The first kappa shape index (κ1) is 11.7. The van der Waals surface area contributed by atoms with Crippen molar-refractivity contribution in [3.63, 3.8) is 0 Å². The molecule has 3 aromatic rings. The predicted octanol–water partition coefficient (Wildman–Crippen LogP) is 3.86. The van der Waals surface area contributed by atoms with Crippen LogP contribution in [0.1, 0.15) is 10.4 Å². The molecule has 1 heterocycles. The number of aromatic hydroxyl groups is 1. The quantitative estimate of drug-likeness (QED) is 0.742. The van der Waals surface area contributed by atoms with Crippen molar-refractivity contribution in [2.45, 2.75) is 0 Å². The highest BCUT2D eigenvalue weighted by Gasteiger charge is 2.07. The number of hydrogen-bond acceptors (Lipinski definition) is 3. The fraction of sp³-hybridized carbons (Fsp3) is 0. The van der Waals surface area contributed by atoms with Crippen molar-refractivity contribution in [1.29, 1.82) is 0 Å². The van der Waals surface area contributed by atoms with Crippen LogP contribution in [0.25, 0.3) is 10.1 Å². The molecule has 1 amide bonds. The van der Waals surface area contributed by atoms with E-state index in [9.17, 15) is 9.90 Å². The first-order valence-corrected chi connectivity index (χ1v) is 6.68. The number of thiophene rings is 1. The number of amides is 1. The third-order valence-corrected chi connectivity index (χ3v) is 3.72. The highest BCUT2D eigenvalue weighted by Crippen LogP contribution is 2.24. The molecule has 0 bridgehead atoms. The molecular weight excluding hydrogens is 258 g/mol. The molecule has 0 radical (unpaired) electrons. The Balaban J connectivity index is 1.86. The Bertz CT molecular complexity index is 748. The summed E-state index contributed by atoms with van der Waals surface area (Å²) in [6.07, 6.45) is 0. The van der Waals surface area contributed by atoms with Crippen molar-refractivity contribution in [3.05, 3.63) is 59.5 Å². The molecule has 2 aromatic carbocycles. The molecule has 0 aliphatic heterocycles. The molecule has 19 heavy (non-hydrogen) atoms. The van der Waals surface area contributed by atoms with Crippen molar-refractivity contribution in [3.8, 4) is 5.75 Å². The van der Waals surface area contributed by atoms with Gasteiger partial charge in [0.1, 0.15) is 5.75 Å². The Morgan fingerprint density at radius 1 is 1.11 bits per heavy atom. The minimum absolute atomic E-state index is 0.0842. The summed E-state index contributed by atoms with van der Waals surface area (Å²) in [6.45, 7) is 0. The normalized spacial score (nSPS) is 10.5. The molecule has 0 unspecified atom stereocenters. The number of rotatable bonds is 2. The number of fused-ring (bicyclic) bond motifs is 1. The lowest BCUT2D eigenvalue weighted by Crippen LogP contribution is -2.11. The molecule has 3 rings (SSSR count). The van der Waals surface area contributed by atoms with Crippen LogP contribution in [-0.2, 0) is 0 Å². The summed E-state index contributed by atoms with van der Waals surface area (Å²) < 4.78 is 1.19. The van der Waals surface area contributed by atoms with Gasteiger partial charge in [0.05, 0.1) is 0 Å². The van der Waals surface area contributed by atoms with Crippen LogP contribution in [0.2, 0.25) is 0 Å². The molecule has 0 atom stereocenters. The Hall–Kier alpha value is -2.33. The summed E-state index contributed by atoms with van der Waals surface area (Å²) in [5.41, 5.74) is 1.18. The van der Waals surface area contributed by atoms with Gasteiger partial charge in [0, 0.05) is 16.0 Å². The van der Waals surface area contributed by atoms with Crippen molar-refractivity contribution in [2.75, 3.05) is 5.32 Å². The number of carbonyl (C=O) groups excluding carboxylic acids is 1. The Morgan fingerprint density at radius 3 is 2.84 bits per heavy atom. The molecule has 4 heteroatoms. The fourth-order valence-electron chi connectivity index (χ4n) is 1.89. The van der Waals surface area contributed by atoms with Gasteiger partial charge in [-0.3, -0.25) is 4.79 Å². The largest absolute Gasteiger partial charge is 0.508 e. The molecule has 0 saturated carbocycles. The highest BCUT2D eigenvalue weighted by atomic mass is 32.1. The lowest BCUT2D eigenvalue weighted by molar-refractivity contribution is 0.102. The molecule has 1 aromatic heterocycles. The van der Waals surface area contributed by atoms with Crippen molar-refractivity contribution < 1.29 is 9.90 Å². The minimum atomic E-state index is -0.231. The van der Waals surface area contributed by atoms with E-state index in [-0.39, 0.29) is 11.7 Å². The topological polar surface area (TPSA) is 49.3 Å². The van der Waals surface area contributed by atoms with Gasteiger partial charge in [-0.15, -0.1) is 11.3 Å². The van der Waals surface area contributed by atoms with E-state index in [1.807, 2.05) is 29.6 Å². The summed E-state index contributed by atoms with van der Waals surface area (Å²) in [5.74, 6) is -0.147. The Kier molecular flexibility index (Phi) is 2.93. The number of benzene rings is 2. The first-order chi connectivity index (χ1) is 9.22. The van der Waals surface area contributed by atoms with E-state index in [0.29, 0.717) is 5.56 Å². The predicted molar refractivity (Wildman–Crippen MR) is 77.9 cm³/mol. The van der Waals surface area contributed by atoms with E-state index in [2.05, 4.69) is 5.32 Å². The second-order valence-corrected chi connectivity index (χ2v) is 5.13. The van der Waals surface area contributed by atoms with Crippen LogP contribution in [0.5, 0.6) is 5.75 Å². The van der Waals surface area contributed by atoms with Crippen LogP contribution in [0.4, 0.5) is 5.69 Å². The molecule has 0 aliphatic rings. The number of nitrogens with one attached hydrogen (secondary N) is 1. The molecule has 3 nitrogen and oxygen atoms in total. The van der Waals surface area contributed by atoms with Gasteiger partial charge < -0.3 is 10.4 Å². The third-order valence-electron chi connectivity index (χ3n) is 2.82. The molecular formula is C15H11NO2S. The lowest BCUT2D eigenvalue weighted by atomic mass is 10.2. The minimum Gasteiger partial charge on any atom is -0.508 e. The molecule has 0 saturated heterocycles. The van der Waals surface area contributed by atoms with Gasteiger partial charge in [-0.2, -0.15) is 0 Å². The maximum Gasteiger partial charge on any atom is 0.255 e. The lowest BCUT2D eigenvalue weighted by Gasteiger charge is -2.05. The second-order valence-electron chi connectivity index (χ2n) is 4.18. The highest BCUT2D eigenvalue weighted by molar-refractivity contribution is 7.17. The summed E-state index contributed by atoms with van der Waals surface area (Å²) in [4.78, 5) is 12.0. The standard InChI is InChI=1S/C15H11NO2S/c17-13-3-1-2-11(9-13)15(18)16-12-4-5-14-10(8-12)6-7-19-14/h1-9,17H,(H,16,18). The van der Waals surface area contributed by atoms with Crippen LogP contribution in [0.3, 0.4) is 0 Å². The van der Waals surface area contributed by atoms with Crippen molar-refractivity contribution in [1.82, 2.24) is 0 Å². The van der Waals surface area contributed by atoms with Crippen LogP contribution in [0, 0.1) is 0 Å². The summed E-state index contributed by atoms with van der Waals surface area (Å²) in [6, 6.07) is 14.1. The van der Waals surface area contributed by atoms with Gasteiger partial charge in [-0.1, -0.05) is 6.07 Å². The van der Waals surface area contributed by atoms with Gasteiger partial charge in [-0.05, 0) is 53.2 Å². The molecule has 0 spiro atoms. The number of carbonyl (C=O) groups is 1. The zero-order valence-corrected chi connectivity index (χ0v) is 10.8. The van der Waals surface area contributed by atoms with Crippen molar-refractivity contribution in [2.24, 2.45) is 0 Å². The molecule has 0 fully saturated rings. The number of phenolic OH excluding ortho intramolecular Hbond substituents is 1. The van der Waals surface area contributed by atoms with Gasteiger partial charge in [0.15, 0.2) is 0 Å². The van der Waals surface area contributed by atoms with Crippen LogP contribution < -0.4 is 5.32 Å². The SMILES string of the molecule is O=C(Nc1ccc2sccc2c1)c1cccc(O)c1. The van der Waals surface area contributed by atoms with Gasteiger partial charge in [0.2, 0.25) is 0 Å². The van der Waals surface area contributed by atoms with Crippen LogP contribution >= 0.6 is 11.3 Å². The van der Waals surface area contributed by atoms with Gasteiger partial charge >= 0.3 is 0 Å². The zero-order valence-electron chi connectivity index (χ0n) is 9.96. The van der Waals surface area contributed by atoms with E-state index < -0.39 is 0 Å². The average Bonchev–Trinajstić information content (AvgIpc) is 2.86. The van der Waals surface area contributed by atoms with E-state index in [1.165, 1.54) is 16.8 Å². The Morgan fingerprint density at radius 2 is 2.00 bits per heavy atom. The summed E-state index contributed by atoms with van der Waals surface area (Å²) >= 11 is 1.67. The van der Waals surface area contributed by atoms with E-state index in [1.54, 1.807) is 23.5 Å². The maximum absolute atomic E-state index is 12.0. The molecule has 94 valence electrons. The van der Waals surface area contributed by atoms with E-state index in [4.69, 9.17) is 0 Å². The number of hydrogen-bond donors (Lipinski definition) is 2. The van der Waals surface area contributed by atoms with Crippen molar-refractivity contribution >= 4 is 33.0 Å². The number of phenols is 1. The smallest absolute Gasteiger partial charge is 0.255 e. The molecule has 0 aliphatic carbocycles. The zero-order chi connectivity index (χ0) is 13.2. The summed E-state index contributed by atoms with van der Waals surface area (Å²) in [5, 5.41) is 15.3. The average molecular weight is 269 g/mol. The monoisotopic (exact) mass is 269 g/mol. The third kappa shape index (κ3) is 2.44. The van der Waals surface area contributed by atoms with E-state index in [0.717, 1.165) is 11.1 Å². The molecule has 2 N–H and O–H groups in total. The second kappa shape index (κ2) is 4.74. The van der Waals surface area contributed by atoms with Gasteiger partial charge in [-0.25, -0.2) is 0 Å². The first-order valence-electron chi connectivity index (χ1n) is 5.80. The van der Waals surface area contributed by atoms with Crippen LogP contribution in [-0.4, -0.2) is 11.0 Å². The van der Waals surface area contributed by atoms with E-state index >= 15 is 0 Å². The van der Waals surface area contributed by atoms with Crippen LogP contribution in [0.15, 0.2) is 53.9 Å². The summed E-state index contributed by atoms with van der Waals surface area (Å²) in [7, 11) is 0. The fourth-order valence-corrected chi connectivity index (χ4v) is 2.67. The Labute approximate surface area is 114 Å². The van der Waals surface area contributed by atoms with Gasteiger partial charge in [0.25, 0.3) is 5.91 Å². The number of anilines is 1. The maximum atomic E-state index is 12.0.